The molecule has 0 aromatic heterocycles. The van der Waals surface area contributed by atoms with Gasteiger partial charge < -0.3 is 8.62 Å². The van der Waals surface area contributed by atoms with E-state index in [0.29, 0.717) is 0 Å². The highest BCUT2D eigenvalue weighted by atomic mass is 27.1. The Hall–Kier alpha value is -0.198. The quantitative estimate of drug-likeness (QED) is 0.438. The van der Waals surface area contributed by atoms with Crippen LogP contribution in [0, 0.1) is 0 Å². The van der Waals surface area contributed by atoms with E-state index in [4.69, 9.17) is 4.74 Å². The maximum atomic E-state index is 10.7. The van der Waals surface area contributed by atoms with E-state index in [2.05, 4.69) is 0 Å². The second-order valence-electron chi connectivity index (χ2n) is 2.44. The van der Waals surface area contributed by atoms with Crippen LogP contribution in [-0.2, 0) is 4.74 Å². The maximum absolute atomic E-state index is 10.7. The first-order valence-corrected chi connectivity index (χ1v) is 3.96. The van der Waals surface area contributed by atoms with Gasteiger partial charge in [-0.25, -0.2) is 4.79 Å². The topological polar surface area (TPSA) is 29.5 Å². The Kier molecular flexibility index (Phi) is 1.69. The second kappa shape index (κ2) is 2.20. The molecule has 4 heteroatoms. The number of carbonyl (C=O) groups excluding carboxylic acids is 1. The zero-order valence-electron chi connectivity index (χ0n) is 5.92. The fourth-order valence-electron chi connectivity index (χ4n) is 0.822. The normalized spacial score (nSPS) is 34.9. The highest BCUT2D eigenvalue weighted by Gasteiger charge is 2.30. The lowest BCUT2D eigenvalue weighted by atomic mass is 10.2. The summed E-state index contributed by atoms with van der Waals surface area (Å²) in [7, 11) is 0. The van der Waals surface area contributed by atoms with Crippen LogP contribution in [0.15, 0.2) is 0 Å². The molecule has 1 saturated heterocycles. The first kappa shape index (κ1) is 6.92. The van der Waals surface area contributed by atoms with E-state index in [-0.39, 0.29) is 18.2 Å². The molecule has 9 heavy (non-hydrogen) atoms. The van der Waals surface area contributed by atoms with Crippen LogP contribution in [0.1, 0.15) is 13.8 Å². The Labute approximate surface area is 62.6 Å². The van der Waals surface area contributed by atoms with Crippen LogP contribution >= 0.6 is 0 Å². The number of hydrogen-bond acceptors (Lipinski definition) is 2. The summed E-state index contributed by atoms with van der Waals surface area (Å²) in [5, 5.41) is 0. The number of amides is 1. The first-order chi connectivity index (χ1) is 4.13. The molecule has 1 rings (SSSR count). The van der Waals surface area contributed by atoms with E-state index in [0.717, 1.165) is 16.5 Å². The summed E-state index contributed by atoms with van der Waals surface area (Å²) in [4.78, 5) is 10.7. The van der Waals surface area contributed by atoms with E-state index in [1.807, 2.05) is 13.8 Å². The van der Waals surface area contributed by atoms with E-state index >= 15 is 0 Å². The highest BCUT2D eigenvalue weighted by molar-refractivity contribution is 6.13. The standard InChI is InChI=1S/C5H9NO2.Al.2H/c1-3-4(2)8-5(7)6-3;;;/h3-4H,1-2H3,(H,6,7);;;/q;+1;;/p-1/t3-,4-;;;/m0.../s1. The van der Waals surface area contributed by atoms with Gasteiger partial charge in [0.1, 0.15) is 6.10 Å². The summed E-state index contributed by atoms with van der Waals surface area (Å²) in [5.74, 6) is 0. The van der Waals surface area contributed by atoms with Gasteiger partial charge in [-0.15, -0.1) is 0 Å². The molecule has 0 aromatic carbocycles. The van der Waals surface area contributed by atoms with Gasteiger partial charge in [0, 0.05) is 6.04 Å². The third kappa shape index (κ3) is 1.05. The van der Waals surface area contributed by atoms with Gasteiger partial charge in [-0.2, -0.15) is 0 Å². The van der Waals surface area contributed by atoms with Gasteiger partial charge in [0.25, 0.3) is 0 Å². The summed E-state index contributed by atoms with van der Waals surface area (Å²) >= 11 is 0.768. The van der Waals surface area contributed by atoms with Crippen molar-refractivity contribution in [2.45, 2.75) is 26.0 Å². The van der Waals surface area contributed by atoms with Crippen LogP contribution in [0.5, 0.6) is 0 Å². The summed E-state index contributed by atoms with van der Waals surface area (Å²) in [6.07, 6.45) is -0.0725. The monoisotopic (exact) mass is 143 g/mol. The first-order valence-electron chi connectivity index (χ1n) is 3.06. The number of ether oxygens (including phenoxy) is 1. The second-order valence-corrected chi connectivity index (χ2v) is 3.40. The summed E-state index contributed by atoms with van der Waals surface area (Å²) in [6.45, 7) is 3.92. The lowest BCUT2D eigenvalue weighted by Crippen LogP contribution is -2.30. The maximum Gasteiger partial charge on any atom is 0.385 e. The van der Waals surface area contributed by atoms with Crippen molar-refractivity contribution in [1.82, 2.24) is 3.88 Å². The molecule has 1 amide bonds. The Morgan fingerprint density at radius 3 is 2.33 bits per heavy atom. The molecule has 0 unspecified atom stereocenters. The van der Waals surface area contributed by atoms with Crippen LogP contribution in [-0.4, -0.2) is 38.6 Å². The third-order valence-electron chi connectivity index (χ3n) is 1.86. The SMILES string of the molecule is C[C@@H]1OC(=O)[N]([AlH2])[C@H]1C. The Bertz CT molecular complexity index is 139. The predicted molar refractivity (Wildman–Crippen MR) is 35.8 cm³/mol. The van der Waals surface area contributed by atoms with Crippen LogP contribution in [0.4, 0.5) is 4.79 Å². The van der Waals surface area contributed by atoms with Crippen LogP contribution < -0.4 is 0 Å². The number of cyclic esters (lactones) is 1. The van der Waals surface area contributed by atoms with Crippen molar-refractivity contribution in [1.29, 1.82) is 0 Å². The fourth-order valence-corrected chi connectivity index (χ4v) is 1.35. The molecular formula is C5H10AlNO2. The highest BCUT2D eigenvalue weighted by Crippen LogP contribution is 2.14. The van der Waals surface area contributed by atoms with Crippen LogP contribution in [0.3, 0.4) is 0 Å². The minimum atomic E-state index is -0.151. The molecule has 0 spiro atoms. The van der Waals surface area contributed by atoms with E-state index in [1.165, 1.54) is 0 Å². The third-order valence-corrected chi connectivity index (χ3v) is 3.04. The molecule has 0 aliphatic carbocycles. The molecule has 0 aromatic rings. The van der Waals surface area contributed by atoms with Crippen LogP contribution in [0.25, 0.3) is 0 Å². The van der Waals surface area contributed by atoms with Crippen molar-refractivity contribution in [3.05, 3.63) is 0 Å². The van der Waals surface area contributed by atoms with E-state index in [9.17, 15) is 4.79 Å². The largest absolute Gasteiger partial charge is 0.446 e. The molecule has 0 saturated carbocycles. The Morgan fingerprint density at radius 1 is 1.67 bits per heavy atom. The molecule has 0 N–H and O–H groups in total. The summed E-state index contributed by atoms with van der Waals surface area (Å²) in [6, 6.07) is 0.282. The molecule has 1 heterocycles. The molecular weight excluding hydrogens is 133 g/mol. The zero-order valence-corrected chi connectivity index (χ0v) is 7.92. The number of hydrogen-bond donors (Lipinski definition) is 0. The van der Waals surface area contributed by atoms with E-state index in [1.54, 1.807) is 3.88 Å². The van der Waals surface area contributed by atoms with Gasteiger partial charge in [-0.3, -0.25) is 0 Å². The van der Waals surface area contributed by atoms with Gasteiger partial charge in [0.2, 0.25) is 0 Å². The molecule has 0 bridgehead atoms. The molecule has 1 fully saturated rings. The van der Waals surface area contributed by atoms with Gasteiger partial charge in [0.15, 0.2) is 0 Å². The zero-order chi connectivity index (χ0) is 7.02. The lowest BCUT2D eigenvalue weighted by molar-refractivity contribution is 0.141. The molecule has 1 aliphatic heterocycles. The molecule has 2 atom stereocenters. The molecule has 50 valence electrons. The van der Waals surface area contributed by atoms with Crippen molar-refractivity contribution in [3.8, 4) is 0 Å². The number of rotatable bonds is 0. The van der Waals surface area contributed by atoms with E-state index < -0.39 is 0 Å². The smallest absolute Gasteiger partial charge is 0.385 e. The van der Waals surface area contributed by atoms with Gasteiger partial charge in [0.05, 0.1) is 0 Å². The van der Waals surface area contributed by atoms with Crippen molar-refractivity contribution in [2.24, 2.45) is 0 Å². The van der Waals surface area contributed by atoms with Crippen LogP contribution in [0.2, 0.25) is 0 Å². The molecule has 3 nitrogen and oxygen atoms in total. The van der Waals surface area contributed by atoms with Crippen molar-refractivity contribution >= 4 is 22.6 Å². The Balaban J connectivity index is 2.65. The summed E-state index contributed by atoms with van der Waals surface area (Å²) < 4.78 is 6.65. The summed E-state index contributed by atoms with van der Waals surface area (Å²) in [5.41, 5.74) is 0. The minimum absolute atomic E-state index is 0.0787. The predicted octanol–water partition coefficient (Wildman–Crippen LogP) is -0.236. The lowest BCUT2D eigenvalue weighted by Gasteiger charge is -2.13. The average Bonchev–Trinajstić information content (AvgIpc) is 1.98. The van der Waals surface area contributed by atoms with Gasteiger partial charge in [-0.1, -0.05) is 0 Å². The molecule has 1 aliphatic rings. The number of nitrogens with zero attached hydrogens (tertiary/aromatic N) is 1. The average molecular weight is 143 g/mol. The van der Waals surface area contributed by atoms with Crippen molar-refractivity contribution < 1.29 is 9.53 Å². The Morgan fingerprint density at radius 2 is 2.22 bits per heavy atom. The van der Waals surface area contributed by atoms with Crippen molar-refractivity contribution in [3.63, 3.8) is 0 Å². The van der Waals surface area contributed by atoms with Gasteiger partial charge >= 0.3 is 22.6 Å². The van der Waals surface area contributed by atoms with Gasteiger partial charge in [-0.05, 0) is 13.8 Å². The van der Waals surface area contributed by atoms with Crippen molar-refractivity contribution in [2.75, 3.05) is 0 Å². The minimum Gasteiger partial charge on any atom is -0.446 e. The fraction of sp³-hybridized carbons (Fsp3) is 0.800. The number of carbonyl (C=O) groups is 1. The molecule has 0 radical (unpaired) electrons.